The van der Waals surface area contributed by atoms with Crippen molar-refractivity contribution in [2.45, 2.75) is 18.5 Å². The lowest BCUT2D eigenvalue weighted by Gasteiger charge is -2.06. The fraction of sp³-hybridized carbons (Fsp3) is 0.600. The first-order valence-corrected chi connectivity index (χ1v) is 5.96. The Morgan fingerprint density at radius 2 is 2.47 bits per heavy atom. The summed E-state index contributed by atoms with van der Waals surface area (Å²) >= 11 is 1.77. The van der Waals surface area contributed by atoms with E-state index >= 15 is 0 Å². The van der Waals surface area contributed by atoms with Gasteiger partial charge in [-0.3, -0.25) is 0 Å². The quantitative estimate of drug-likeness (QED) is 0.652. The average Bonchev–Trinajstić information content (AvgIpc) is 2.67. The first kappa shape index (κ1) is 12.7. The minimum absolute atomic E-state index is 0. The van der Waals surface area contributed by atoms with E-state index in [0.717, 1.165) is 29.1 Å². The smallest absolute Gasteiger partial charge is 0.187 e. The van der Waals surface area contributed by atoms with Gasteiger partial charge in [-0.1, -0.05) is 11.8 Å². The van der Waals surface area contributed by atoms with Crippen molar-refractivity contribution in [2.24, 2.45) is 5.92 Å². The van der Waals surface area contributed by atoms with Gasteiger partial charge in [-0.05, 0) is 38.4 Å². The third kappa shape index (κ3) is 3.97. The molecule has 0 bridgehead atoms. The number of rotatable bonds is 3. The van der Waals surface area contributed by atoms with Crippen LogP contribution in [0.1, 0.15) is 12.1 Å². The highest BCUT2D eigenvalue weighted by molar-refractivity contribution is 7.99. The molecule has 3 nitrogen and oxygen atoms in total. The summed E-state index contributed by atoms with van der Waals surface area (Å²) in [6.45, 7) is 4.32. The summed E-state index contributed by atoms with van der Waals surface area (Å²) < 4.78 is 0. The van der Waals surface area contributed by atoms with Crippen LogP contribution in [0.15, 0.2) is 17.4 Å². The maximum Gasteiger partial charge on any atom is 0.187 e. The second kappa shape index (κ2) is 6.30. The van der Waals surface area contributed by atoms with E-state index in [4.69, 9.17) is 0 Å². The van der Waals surface area contributed by atoms with Crippen LogP contribution < -0.4 is 5.32 Å². The molecule has 2 heterocycles. The van der Waals surface area contributed by atoms with Crippen molar-refractivity contribution in [2.75, 3.05) is 18.8 Å². The minimum Gasteiger partial charge on any atom is -0.316 e. The Morgan fingerprint density at radius 1 is 1.60 bits per heavy atom. The molecule has 1 atom stereocenters. The highest BCUT2D eigenvalue weighted by Gasteiger charge is 2.14. The largest absolute Gasteiger partial charge is 0.316 e. The molecule has 84 valence electrons. The van der Waals surface area contributed by atoms with Gasteiger partial charge in [0.25, 0.3) is 0 Å². The third-order valence-electron chi connectivity index (χ3n) is 2.38. The second-order valence-electron chi connectivity index (χ2n) is 3.65. The zero-order valence-corrected chi connectivity index (χ0v) is 10.4. The summed E-state index contributed by atoms with van der Waals surface area (Å²) in [5, 5.41) is 4.28. The van der Waals surface area contributed by atoms with Crippen LogP contribution in [-0.4, -0.2) is 28.8 Å². The van der Waals surface area contributed by atoms with E-state index < -0.39 is 0 Å². The summed E-state index contributed by atoms with van der Waals surface area (Å²) in [6.07, 6.45) is 3.12. The molecule has 1 aromatic rings. The number of aromatic nitrogens is 2. The maximum absolute atomic E-state index is 4.37. The van der Waals surface area contributed by atoms with Crippen molar-refractivity contribution in [3.05, 3.63) is 18.0 Å². The summed E-state index contributed by atoms with van der Waals surface area (Å²) in [5.74, 6) is 1.93. The summed E-state index contributed by atoms with van der Waals surface area (Å²) in [5.41, 5.74) is 1.05. The summed E-state index contributed by atoms with van der Waals surface area (Å²) in [7, 11) is 0. The molecule has 0 spiro atoms. The standard InChI is InChI=1S/C10H15N3S.ClH/c1-8-2-5-12-10(13-8)14-7-9-3-4-11-6-9;/h2,5,9,11H,3-4,6-7H2,1H3;1H. The van der Waals surface area contributed by atoms with Gasteiger partial charge in [0.15, 0.2) is 5.16 Å². The lowest BCUT2D eigenvalue weighted by atomic mass is 10.2. The van der Waals surface area contributed by atoms with Crippen molar-refractivity contribution in [3.63, 3.8) is 0 Å². The van der Waals surface area contributed by atoms with Crippen LogP contribution in [0.2, 0.25) is 0 Å². The lowest BCUT2D eigenvalue weighted by molar-refractivity contribution is 0.661. The van der Waals surface area contributed by atoms with Crippen LogP contribution in [0.5, 0.6) is 0 Å². The van der Waals surface area contributed by atoms with Crippen molar-refractivity contribution in [1.82, 2.24) is 15.3 Å². The number of halogens is 1. The predicted molar refractivity (Wildman–Crippen MR) is 65.7 cm³/mol. The number of hydrogen-bond acceptors (Lipinski definition) is 4. The Labute approximate surface area is 101 Å². The fourth-order valence-corrected chi connectivity index (χ4v) is 2.56. The van der Waals surface area contributed by atoms with Crippen molar-refractivity contribution in [1.29, 1.82) is 0 Å². The Kier molecular flexibility index (Phi) is 5.36. The maximum atomic E-state index is 4.37. The number of thioether (sulfide) groups is 1. The average molecular weight is 246 g/mol. The molecular formula is C10H16ClN3S. The molecule has 1 aromatic heterocycles. The van der Waals surface area contributed by atoms with Crippen LogP contribution in [0.3, 0.4) is 0 Å². The Bertz CT molecular complexity index is 302. The number of aryl methyl sites for hydroxylation is 1. The van der Waals surface area contributed by atoms with Gasteiger partial charge in [0.1, 0.15) is 0 Å². The molecule has 0 aromatic carbocycles. The molecule has 5 heteroatoms. The summed E-state index contributed by atoms with van der Waals surface area (Å²) in [4.78, 5) is 8.60. The van der Waals surface area contributed by atoms with Gasteiger partial charge in [-0.2, -0.15) is 0 Å². The zero-order valence-electron chi connectivity index (χ0n) is 8.77. The number of hydrogen-bond donors (Lipinski definition) is 1. The van der Waals surface area contributed by atoms with E-state index in [9.17, 15) is 0 Å². The van der Waals surface area contributed by atoms with Gasteiger partial charge in [0.05, 0.1) is 0 Å². The van der Waals surface area contributed by atoms with Gasteiger partial charge in [0, 0.05) is 17.6 Å². The Morgan fingerprint density at radius 3 is 3.13 bits per heavy atom. The van der Waals surface area contributed by atoms with E-state index in [1.807, 2.05) is 19.2 Å². The van der Waals surface area contributed by atoms with Crippen LogP contribution >= 0.6 is 24.2 Å². The molecular weight excluding hydrogens is 230 g/mol. The molecule has 0 aliphatic carbocycles. The fourth-order valence-electron chi connectivity index (χ4n) is 1.54. The molecule has 1 fully saturated rings. The lowest BCUT2D eigenvalue weighted by Crippen LogP contribution is -2.10. The van der Waals surface area contributed by atoms with Crippen LogP contribution in [0.4, 0.5) is 0 Å². The molecule has 1 N–H and O–H groups in total. The van der Waals surface area contributed by atoms with E-state index in [-0.39, 0.29) is 12.4 Å². The molecule has 0 radical (unpaired) electrons. The first-order valence-electron chi connectivity index (χ1n) is 4.98. The molecule has 15 heavy (non-hydrogen) atoms. The van der Waals surface area contributed by atoms with Gasteiger partial charge < -0.3 is 5.32 Å². The van der Waals surface area contributed by atoms with E-state index in [0.29, 0.717) is 0 Å². The molecule has 1 saturated heterocycles. The van der Waals surface area contributed by atoms with E-state index in [2.05, 4.69) is 15.3 Å². The molecule has 1 unspecified atom stereocenters. The molecule has 0 amide bonds. The monoisotopic (exact) mass is 245 g/mol. The van der Waals surface area contributed by atoms with Gasteiger partial charge >= 0.3 is 0 Å². The second-order valence-corrected chi connectivity index (χ2v) is 4.64. The van der Waals surface area contributed by atoms with Crippen molar-refractivity contribution >= 4 is 24.2 Å². The predicted octanol–water partition coefficient (Wildman–Crippen LogP) is 1.91. The molecule has 1 aliphatic heterocycles. The van der Waals surface area contributed by atoms with Gasteiger partial charge in [-0.25, -0.2) is 9.97 Å². The van der Waals surface area contributed by atoms with E-state index in [1.54, 1.807) is 11.8 Å². The van der Waals surface area contributed by atoms with Crippen molar-refractivity contribution in [3.8, 4) is 0 Å². The van der Waals surface area contributed by atoms with Crippen LogP contribution in [0, 0.1) is 12.8 Å². The first-order chi connectivity index (χ1) is 6.84. The zero-order chi connectivity index (χ0) is 9.80. The van der Waals surface area contributed by atoms with Crippen molar-refractivity contribution < 1.29 is 0 Å². The Hall–Kier alpha value is -0.320. The molecule has 1 aliphatic rings. The van der Waals surface area contributed by atoms with Gasteiger partial charge in [0.2, 0.25) is 0 Å². The third-order valence-corrected chi connectivity index (χ3v) is 3.48. The topological polar surface area (TPSA) is 37.8 Å². The number of nitrogens with zero attached hydrogens (tertiary/aromatic N) is 2. The SMILES string of the molecule is Cc1ccnc(SCC2CCNC2)n1.Cl. The van der Waals surface area contributed by atoms with Gasteiger partial charge in [-0.15, -0.1) is 12.4 Å². The molecule has 2 rings (SSSR count). The normalized spacial score (nSPS) is 19.9. The minimum atomic E-state index is 0. The highest BCUT2D eigenvalue weighted by Crippen LogP contribution is 2.19. The summed E-state index contributed by atoms with van der Waals surface area (Å²) in [6, 6.07) is 1.93. The van der Waals surface area contributed by atoms with E-state index in [1.165, 1.54) is 13.0 Å². The number of nitrogens with one attached hydrogen (secondary N) is 1. The van der Waals surface area contributed by atoms with Crippen LogP contribution in [0.25, 0.3) is 0 Å². The molecule has 0 saturated carbocycles. The van der Waals surface area contributed by atoms with Crippen LogP contribution in [-0.2, 0) is 0 Å². The highest BCUT2D eigenvalue weighted by atomic mass is 35.5. The Balaban J connectivity index is 0.00000112.